The molecule has 298 valence electrons. The number of para-hydroxylation sites is 2. The fourth-order valence-corrected chi connectivity index (χ4v) is 12.2. The molecule has 14 rings (SSSR count). The SMILES string of the molecule is c1ccc2c(c1)-c1ccccc1C21c2ccccc2-c2ccc(N(c3ccc(-c4ccc5sc6ccccc6c5c4)cc3)c3ccc(-c4cccc5c4oc4ccccc45)cc3)cc21. The van der Waals surface area contributed by atoms with Crippen LogP contribution < -0.4 is 4.90 Å². The summed E-state index contributed by atoms with van der Waals surface area (Å²) in [6, 6.07) is 82.8. The zero-order valence-electron chi connectivity index (χ0n) is 34.6. The molecule has 2 aliphatic carbocycles. The summed E-state index contributed by atoms with van der Waals surface area (Å²) in [6.07, 6.45) is 0. The molecule has 0 N–H and O–H groups in total. The van der Waals surface area contributed by atoms with E-state index >= 15 is 0 Å². The molecular weight excluding hydrogens is 795 g/mol. The van der Waals surface area contributed by atoms with Gasteiger partial charge >= 0.3 is 0 Å². The molecule has 10 aromatic carbocycles. The number of furan rings is 1. The second-order valence-corrected chi connectivity index (χ2v) is 18.2. The molecule has 2 aromatic heterocycles. The predicted molar refractivity (Wildman–Crippen MR) is 268 cm³/mol. The van der Waals surface area contributed by atoms with Crippen LogP contribution in [0.2, 0.25) is 0 Å². The van der Waals surface area contributed by atoms with E-state index in [1.165, 1.54) is 75.8 Å². The number of fused-ring (bicyclic) bond motifs is 16. The summed E-state index contributed by atoms with van der Waals surface area (Å²) < 4.78 is 9.14. The highest BCUT2D eigenvalue weighted by Crippen LogP contribution is 2.63. The van der Waals surface area contributed by atoms with Gasteiger partial charge < -0.3 is 9.32 Å². The minimum Gasteiger partial charge on any atom is -0.455 e. The Hall–Kier alpha value is -7.98. The quantitative estimate of drug-likeness (QED) is 0.172. The van der Waals surface area contributed by atoms with Crippen molar-refractivity contribution in [3.63, 3.8) is 0 Å². The smallest absolute Gasteiger partial charge is 0.143 e. The van der Waals surface area contributed by atoms with Gasteiger partial charge in [0.05, 0.1) is 5.41 Å². The summed E-state index contributed by atoms with van der Waals surface area (Å²) in [7, 11) is 0. The highest BCUT2D eigenvalue weighted by atomic mass is 32.1. The van der Waals surface area contributed by atoms with Crippen molar-refractivity contribution in [2.45, 2.75) is 5.41 Å². The zero-order chi connectivity index (χ0) is 41.9. The van der Waals surface area contributed by atoms with Crippen LogP contribution in [0.3, 0.4) is 0 Å². The third-order valence-corrected chi connectivity index (χ3v) is 15.1. The van der Waals surface area contributed by atoms with Crippen LogP contribution in [0.4, 0.5) is 17.1 Å². The predicted octanol–water partition coefficient (Wildman–Crippen LogP) is 17.1. The van der Waals surface area contributed by atoms with Crippen LogP contribution >= 0.6 is 11.3 Å². The van der Waals surface area contributed by atoms with Gasteiger partial charge in [0.15, 0.2) is 0 Å². The number of benzene rings is 10. The van der Waals surface area contributed by atoms with Gasteiger partial charge in [0, 0.05) is 53.6 Å². The molecule has 0 fully saturated rings. The van der Waals surface area contributed by atoms with Crippen LogP contribution in [0, 0.1) is 0 Å². The van der Waals surface area contributed by atoms with Gasteiger partial charge in [0.1, 0.15) is 11.2 Å². The lowest BCUT2D eigenvalue weighted by atomic mass is 9.70. The Morgan fingerprint density at radius 3 is 1.55 bits per heavy atom. The largest absolute Gasteiger partial charge is 0.455 e. The number of rotatable bonds is 5. The highest BCUT2D eigenvalue weighted by molar-refractivity contribution is 7.25. The Kier molecular flexibility index (Phi) is 7.51. The molecule has 2 heterocycles. The van der Waals surface area contributed by atoms with Crippen molar-refractivity contribution in [2.75, 3.05) is 4.90 Å². The molecule has 0 saturated carbocycles. The van der Waals surface area contributed by atoms with Crippen LogP contribution in [0.25, 0.3) is 86.6 Å². The van der Waals surface area contributed by atoms with E-state index in [-0.39, 0.29) is 0 Å². The molecular formula is C61H37NOS. The van der Waals surface area contributed by atoms with Crippen molar-refractivity contribution >= 4 is 70.5 Å². The summed E-state index contributed by atoms with van der Waals surface area (Å²) in [4.78, 5) is 2.43. The van der Waals surface area contributed by atoms with Gasteiger partial charge in [-0.05, 0) is 122 Å². The molecule has 0 aliphatic heterocycles. The van der Waals surface area contributed by atoms with E-state index < -0.39 is 5.41 Å². The summed E-state index contributed by atoms with van der Waals surface area (Å²) >= 11 is 1.86. The van der Waals surface area contributed by atoms with Gasteiger partial charge in [-0.25, -0.2) is 0 Å². The van der Waals surface area contributed by atoms with Gasteiger partial charge in [-0.2, -0.15) is 0 Å². The summed E-state index contributed by atoms with van der Waals surface area (Å²) in [6.45, 7) is 0. The van der Waals surface area contributed by atoms with Crippen LogP contribution in [0.5, 0.6) is 0 Å². The monoisotopic (exact) mass is 831 g/mol. The van der Waals surface area contributed by atoms with Crippen molar-refractivity contribution < 1.29 is 4.42 Å². The molecule has 2 nitrogen and oxygen atoms in total. The van der Waals surface area contributed by atoms with E-state index in [1.54, 1.807) is 0 Å². The van der Waals surface area contributed by atoms with Crippen molar-refractivity contribution in [3.8, 4) is 44.5 Å². The van der Waals surface area contributed by atoms with Gasteiger partial charge in [-0.15, -0.1) is 11.3 Å². The van der Waals surface area contributed by atoms with E-state index in [0.717, 1.165) is 50.1 Å². The number of hydrogen-bond donors (Lipinski definition) is 0. The van der Waals surface area contributed by atoms with Gasteiger partial charge in [0.25, 0.3) is 0 Å². The van der Waals surface area contributed by atoms with E-state index in [4.69, 9.17) is 4.42 Å². The topological polar surface area (TPSA) is 16.4 Å². The van der Waals surface area contributed by atoms with Crippen molar-refractivity contribution in [3.05, 3.63) is 247 Å². The maximum Gasteiger partial charge on any atom is 0.143 e. The molecule has 3 heteroatoms. The first-order chi connectivity index (χ1) is 31.7. The summed E-state index contributed by atoms with van der Waals surface area (Å²) in [5.41, 5.74) is 19.8. The van der Waals surface area contributed by atoms with Crippen LogP contribution in [0.1, 0.15) is 22.3 Å². The van der Waals surface area contributed by atoms with Gasteiger partial charge in [-0.1, -0.05) is 164 Å². The third-order valence-electron chi connectivity index (χ3n) is 13.9. The average Bonchev–Trinajstić information content (AvgIpc) is 4.10. The van der Waals surface area contributed by atoms with Gasteiger partial charge in [0.2, 0.25) is 0 Å². The Balaban J connectivity index is 0.943. The minimum atomic E-state index is -0.440. The molecule has 0 bridgehead atoms. The van der Waals surface area contributed by atoms with Crippen molar-refractivity contribution in [1.29, 1.82) is 0 Å². The first-order valence-corrected chi connectivity index (χ1v) is 22.8. The molecule has 0 unspecified atom stereocenters. The van der Waals surface area contributed by atoms with E-state index in [1.807, 2.05) is 17.4 Å². The molecule has 1 spiro atoms. The lowest BCUT2D eigenvalue weighted by molar-refractivity contribution is 0.670. The lowest BCUT2D eigenvalue weighted by Crippen LogP contribution is -2.26. The molecule has 2 aliphatic rings. The number of anilines is 3. The van der Waals surface area contributed by atoms with E-state index in [9.17, 15) is 0 Å². The van der Waals surface area contributed by atoms with Crippen LogP contribution in [0.15, 0.2) is 229 Å². The van der Waals surface area contributed by atoms with Crippen molar-refractivity contribution in [2.24, 2.45) is 0 Å². The van der Waals surface area contributed by atoms with Crippen LogP contribution in [-0.4, -0.2) is 0 Å². The van der Waals surface area contributed by atoms with Crippen molar-refractivity contribution in [1.82, 2.24) is 0 Å². The molecule has 0 atom stereocenters. The summed E-state index contributed by atoms with van der Waals surface area (Å²) in [5, 5.41) is 4.90. The molecule has 0 saturated heterocycles. The second kappa shape index (κ2) is 13.5. The number of thiophene rings is 1. The lowest BCUT2D eigenvalue weighted by Gasteiger charge is -2.32. The van der Waals surface area contributed by atoms with Gasteiger partial charge in [-0.3, -0.25) is 0 Å². The fourth-order valence-electron chi connectivity index (χ4n) is 11.1. The fraction of sp³-hybridized carbons (Fsp3) is 0.0164. The van der Waals surface area contributed by atoms with E-state index in [0.29, 0.717) is 0 Å². The normalized spacial score (nSPS) is 13.1. The molecule has 12 aromatic rings. The second-order valence-electron chi connectivity index (χ2n) is 17.1. The van der Waals surface area contributed by atoms with Crippen LogP contribution in [-0.2, 0) is 5.41 Å². The Labute approximate surface area is 374 Å². The zero-order valence-corrected chi connectivity index (χ0v) is 35.4. The Bertz CT molecular complexity index is 3790. The summed E-state index contributed by atoms with van der Waals surface area (Å²) in [5.74, 6) is 0. The molecule has 0 radical (unpaired) electrons. The standard InChI is InChI=1S/C61H37NOS/c1-6-19-53-45(12-1)46-13-2-7-20-54(46)61(53)55-21-8-3-14-47(55)48-34-33-43(37-56(48)61)62(41-29-24-38(25-30-41)40-28-35-59-52(36-40)50-16-5-10-23-58(50)64-59)42-31-26-39(27-32-42)44-17-11-18-51-49-15-4-9-22-57(49)63-60(44)51/h1-37H. The third kappa shape index (κ3) is 4.96. The average molecular weight is 832 g/mol. The number of nitrogens with zero attached hydrogens (tertiary/aromatic N) is 1. The van der Waals surface area contributed by atoms with E-state index in [2.05, 4.69) is 223 Å². The highest BCUT2D eigenvalue weighted by Gasteiger charge is 2.51. The molecule has 0 amide bonds. The maximum atomic E-state index is 6.50. The first-order valence-electron chi connectivity index (χ1n) is 22.0. The minimum absolute atomic E-state index is 0.440. The maximum absolute atomic E-state index is 6.50. The number of hydrogen-bond acceptors (Lipinski definition) is 3. The molecule has 64 heavy (non-hydrogen) atoms. The first kappa shape index (κ1) is 35.6. The Morgan fingerprint density at radius 1 is 0.328 bits per heavy atom. The Morgan fingerprint density at radius 2 is 0.844 bits per heavy atom.